The second-order valence-electron chi connectivity index (χ2n) is 7.93. The third-order valence-electron chi connectivity index (χ3n) is 5.79. The number of benzene rings is 1. The van der Waals surface area contributed by atoms with Crippen molar-refractivity contribution in [1.29, 1.82) is 0 Å². The molecule has 26 heavy (non-hydrogen) atoms. The number of likely N-dealkylation sites (tertiary alicyclic amines) is 2. The molecule has 4 nitrogen and oxygen atoms in total. The summed E-state index contributed by atoms with van der Waals surface area (Å²) >= 11 is 0. The van der Waals surface area contributed by atoms with Crippen molar-refractivity contribution in [3.05, 3.63) is 35.6 Å². The first-order valence-electron chi connectivity index (χ1n) is 9.79. The molecule has 0 N–H and O–H groups in total. The fourth-order valence-corrected chi connectivity index (χ4v) is 4.07. The number of amides is 2. The third-order valence-corrected chi connectivity index (χ3v) is 5.79. The maximum atomic E-state index is 13.1. The van der Waals surface area contributed by atoms with Crippen LogP contribution in [0.2, 0.25) is 0 Å². The van der Waals surface area contributed by atoms with Gasteiger partial charge in [-0.15, -0.1) is 0 Å². The molecule has 2 aliphatic heterocycles. The highest BCUT2D eigenvalue weighted by Crippen LogP contribution is 2.25. The van der Waals surface area contributed by atoms with Gasteiger partial charge in [-0.2, -0.15) is 0 Å². The Morgan fingerprint density at radius 2 is 1.77 bits per heavy atom. The number of rotatable bonds is 4. The predicted molar refractivity (Wildman–Crippen MR) is 99.0 cm³/mol. The minimum atomic E-state index is -0.299. The van der Waals surface area contributed by atoms with Crippen LogP contribution in [0.5, 0.6) is 0 Å². The number of halogens is 1. The SMILES string of the molecule is CC1CCN(C(=O)[C@@H]2CCCN2C(=O)C(C)Cc2ccc(F)cc2)CC1. The Morgan fingerprint density at radius 3 is 2.42 bits per heavy atom. The van der Waals surface area contributed by atoms with Crippen LogP contribution >= 0.6 is 0 Å². The molecule has 0 aliphatic carbocycles. The van der Waals surface area contributed by atoms with Crippen LogP contribution in [0.1, 0.15) is 45.1 Å². The summed E-state index contributed by atoms with van der Waals surface area (Å²) in [5.74, 6) is 0.354. The fraction of sp³-hybridized carbons (Fsp3) is 0.619. The Morgan fingerprint density at radius 1 is 1.12 bits per heavy atom. The highest BCUT2D eigenvalue weighted by Gasteiger charge is 2.38. The number of hydrogen-bond donors (Lipinski definition) is 0. The van der Waals surface area contributed by atoms with Crippen molar-refractivity contribution < 1.29 is 14.0 Å². The summed E-state index contributed by atoms with van der Waals surface area (Å²) in [6.45, 7) is 6.40. The lowest BCUT2D eigenvalue weighted by atomic mass is 9.97. The van der Waals surface area contributed by atoms with Gasteiger partial charge < -0.3 is 9.80 Å². The Bertz CT molecular complexity index is 638. The first kappa shape index (κ1) is 18.9. The summed E-state index contributed by atoms with van der Waals surface area (Å²) < 4.78 is 13.1. The van der Waals surface area contributed by atoms with E-state index in [-0.39, 0.29) is 29.6 Å². The normalized spacial score (nSPS) is 22.5. The highest BCUT2D eigenvalue weighted by atomic mass is 19.1. The molecule has 2 saturated heterocycles. The molecule has 2 aliphatic rings. The van der Waals surface area contributed by atoms with Crippen LogP contribution < -0.4 is 0 Å². The van der Waals surface area contributed by atoms with Gasteiger partial charge in [0.05, 0.1) is 0 Å². The molecule has 3 rings (SSSR count). The number of nitrogens with zero attached hydrogens (tertiary/aromatic N) is 2. The van der Waals surface area contributed by atoms with Gasteiger partial charge in [0.1, 0.15) is 11.9 Å². The van der Waals surface area contributed by atoms with E-state index in [1.807, 2.05) is 11.8 Å². The summed E-state index contributed by atoms with van der Waals surface area (Å²) in [5.41, 5.74) is 0.944. The van der Waals surface area contributed by atoms with Gasteiger partial charge in [-0.05, 0) is 55.7 Å². The van der Waals surface area contributed by atoms with Gasteiger partial charge in [-0.25, -0.2) is 4.39 Å². The quantitative estimate of drug-likeness (QED) is 0.827. The maximum absolute atomic E-state index is 13.1. The zero-order valence-electron chi connectivity index (χ0n) is 15.8. The molecule has 0 bridgehead atoms. The van der Waals surface area contributed by atoms with Gasteiger partial charge in [0.25, 0.3) is 0 Å². The average Bonchev–Trinajstić information content (AvgIpc) is 3.12. The molecule has 0 radical (unpaired) electrons. The Labute approximate surface area is 155 Å². The zero-order valence-corrected chi connectivity index (χ0v) is 15.8. The lowest BCUT2D eigenvalue weighted by Gasteiger charge is -2.35. The van der Waals surface area contributed by atoms with E-state index in [1.165, 1.54) is 12.1 Å². The molecule has 2 atom stereocenters. The largest absolute Gasteiger partial charge is 0.341 e. The lowest BCUT2D eigenvalue weighted by Crippen LogP contribution is -2.51. The lowest BCUT2D eigenvalue weighted by molar-refractivity contribution is -0.146. The van der Waals surface area contributed by atoms with E-state index in [9.17, 15) is 14.0 Å². The summed E-state index contributed by atoms with van der Waals surface area (Å²) in [5, 5.41) is 0. The van der Waals surface area contributed by atoms with Gasteiger partial charge in [-0.3, -0.25) is 9.59 Å². The molecule has 142 valence electrons. The molecule has 1 aromatic rings. The van der Waals surface area contributed by atoms with Crippen molar-refractivity contribution >= 4 is 11.8 Å². The van der Waals surface area contributed by atoms with E-state index < -0.39 is 0 Å². The van der Waals surface area contributed by atoms with E-state index in [0.29, 0.717) is 18.9 Å². The second kappa shape index (κ2) is 8.19. The Balaban J connectivity index is 1.62. The fourth-order valence-electron chi connectivity index (χ4n) is 4.07. The van der Waals surface area contributed by atoms with Crippen molar-refractivity contribution in [1.82, 2.24) is 9.80 Å². The third kappa shape index (κ3) is 4.25. The summed E-state index contributed by atoms with van der Waals surface area (Å²) in [4.78, 5) is 29.6. The van der Waals surface area contributed by atoms with Crippen LogP contribution in [0, 0.1) is 17.7 Å². The molecule has 2 fully saturated rings. The van der Waals surface area contributed by atoms with Crippen LogP contribution in [0.4, 0.5) is 4.39 Å². The monoisotopic (exact) mass is 360 g/mol. The number of carbonyl (C=O) groups excluding carboxylic acids is 2. The molecular formula is C21H29FN2O2. The van der Waals surface area contributed by atoms with E-state index >= 15 is 0 Å². The zero-order chi connectivity index (χ0) is 18.7. The van der Waals surface area contributed by atoms with Gasteiger partial charge in [0, 0.05) is 25.6 Å². The van der Waals surface area contributed by atoms with E-state index in [0.717, 1.165) is 44.3 Å². The van der Waals surface area contributed by atoms with Gasteiger partial charge in [0.2, 0.25) is 11.8 Å². The van der Waals surface area contributed by atoms with E-state index in [1.54, 1.807) is 17.0 Å². The van der Waals surface area contributed by atoms with Crippen molar-refractivity contribution in [2.75, 3.05) is 19.6 Å². The smallest absolute Gasteiger partial charge is 0.245 e. The van der Waals surface area contributed by atoms with E-state index in [2.05, 4.69) is 6.92 Å². The molecule has 0 aromatic heterocycles. The van der Waals surface area contributed by atoms with Crippen molar-refractivity contribution in [3.8, 4) is 0 Å². The van der Waals surface area contributed by atoms with Crippen molar-refractivity contribution in [2.45, 2.75) is 52.0 Å². The molecule has 1 unspecified atom stereocenters. The highest BCUT2D eigenvalue weighted by molar-refractivity contribution is 5.89. The summed E-state index contributed by atoms with van der Waals surface area (Å²) in [7, 11) is 0. The molecule has 0 saturated carbocycles. The number of carbonyl (C=O) groups is 2. The number of hydrogen-bond acceptors (Lipinski definition) is 2. The van der Waals surface area contributed by atoms with Crippen LogP contribution in [0.25, 0.3) is 0 Å². The summed E-state index contributed by atoms with van der Waals surface area (Å²) in [6, 6.07) is 5.99. The standard InChI is InChI=1S/C21H29FN2O2/c1-15-9-12-23(13-10-15)21(26)19-4-3-11-24(19)20(25)16(2)14-17-5-7-18(22)8-6-17/h5-8,15-16,19H,3-4,9-14H2,1-2H3/t16?,19-/m0/s1. The molecule has 2 heterocycles. The van der Waals surface area contributed by atoms with Crippen LogP contribution in [-0.2, 0) is 16.0 Å². The minimum Gasteiger partial charge on any atom is -0.341 e. The molecule has 5 heteroatoms. The molecule has 1 aromatic carbocycles. The maximum Gasteiger partial charge on any atom is 0.245 e. The van der Waals surface area contributed by atoms with Gasteiger partial charge in [0.15, 0.2) is 0 Å². The van der Waals surface area contributed by atoms with Crippen LogP contribution in [0.15, 0.2) is 24.3 Å². The Kier molecular flexibility index (Phi) is 5.94. The first-order chi connectivity index (χ1) is 12.5. The first-order valence-corrected chi connectivity index (χ1v) is 9.79. The summed E-state index contributed by atoms with van der Waals surface area (Å²) in [6.07, 6.45) is 4.31. The van der Waals surface area contributed by atoms with Crippen LogP contribution in [0.3, 0.4) is 0 Å². The average molecular weight is 360 g/mol. The molecule has 0 spiro atoms. The number of piperidine rings is 1. The van der Waals surface area contributed by atoms with Gasteiger partial charge in [-0.1, -0.05) is 26.0 Å². The molecule has 2 amide bonds. The van der Waals surface area contributed by atoms with Gasteiger partial charge >= 0.3 is 0 Å². The van der Waals surface area contributed by atoms with E-state index in [4.69, 9.17) is 0 Å². The second-order valence-corrected chi connectivity index (χ2v) is 7.93. The van der Waals surface area contributed by atoms with Crippen molar-refractivity contribution in [3.63, 3.8) is 0 Å². The van der Waals surface area contributed by atoms with Crippen molar-refractivity contribution in [2.24, 2.45) is 11.8 Å². The minimum absolute atomic E-state index is 0.0375. The predicted octanol–water partition coefficient (Wildman–Crippen LogP) is 3.25. The van der Waals surface area contributed by atoms with Crippen LogP contribution in [-0.4, -0.2) is 47.3 Å². The Hall–Kier alpha value is -1.91. The topological polar surface area (TPSA) is 40.6 Å². The molecular weight excluding hydrogens is 331 g/mol.